The van der Waals surface area contributed by atoms with Crippen LogP contribution in [0.25, 0.3) is 0 Å². The van der Waals surface area contributed by atoms with Gasteiger partial charge in [-0.3, -0.25) is 4.99 Å². The maximum absolute atomic E-state index is 5.70. The van der Waals surface area contributed by atoms with Crippen LogP contribution in [0.3, 0.4) is 0 Å². The predicted octanol–water partition coefficient (Wildman–Crippen LogP) is 2.43. The molecule has 1 aromatic rings. The largest absolute Gasteiger partial charge is 0.379 e. The van der Waals surface area contributed by atoms with Gasteiger partial charge in [-0.25, -0.2) is 4.98 Å². The number of ether oxygens (including phenoxy) is 2. The molecule has 2 saturated heterocycles. The summed E-state index contributed by atoms with van der Waals surface area (Å²) in [6, 6.07) is 0. The minimum atomic E-state index is 0.305. The number of nitrogens with one attached hydrogen (secondary N) is 2. The second-order valence-corrected chi connectivity index (χ2v) is 8.15. The standard InChI is InChI=1S/C20H35N5O2S/c1-2-21-19(22-9-6-13-26-15-18-7-5-14-27-18)23-10-8-17-16-28-20(24-17)25-11-3-4-12-25/h16,18H,2-15H2,1H3,(H2,21,22,23). The van der Waals surface area contributed by atoms with E-state index < -0.39 is 0 Å². The van der Waals surface area contributed by atoms with Crippen molar-refractivity contribution in [2.24, 2.45) is 4.99 Å². The smallest absolute Gasteiger partial charge is 0.191 e. The van der Waals surface area contributed by atoms with Crippen LogP contribution in [0.4, 0.5) is 5.13 Å². The van der Waals surface area contributed by atoms with Gasteiger partial charge in [-0.05, 0) is 39.0 Å². The molecule has 0 aromatic carbocycles. The summed E-state index contributed by atoms with van der Waals surface area (Å²) in [5.74, 6) is 0.872. The summed E-state index contributed by atoms with van der Waals surface area (Å²) >= 11 is 1.76. The normalized spacial score (nSPS) is 20.1. The fourth-order valence-electron chi connectivity index (χ4n) is 3.46. The molecule has 3 heterocycles. The first-order valence-corrected chi connectivity index (χ1v) is 11.6. The molecule has 0 bridgehead atoms. The van der Waals surface area contributed by atoms with E-state index in [9.17, 15) is 0 Å². The zero-order chi connectivity index (χ0) is 19.4. The van der Waals surface area contributed by atoms with Crippen molar-refractivity contribution in [1.82, 2.24) is 15.6 Å². The second-order valence-electron chi connectivity index (χ2n) is 7.32. The lowest BCUT2D eigenvalue weighted by atomic mass is 10.2. The molecule has 2 aliphatic rings. The van der Waals surface area contributed by atoms with Gasteiger partial charge in [0.15, 0.2) is 11.1 Å². The van der Waals surface area contributed by atoms with Crippen molar-refractivity contribution in [2.75, 3.05) is 57.4 Å². The van der Waals surface area contributed by atoms with Gasteiger partial charge in [0.2, 0.25) is 0 Å². The van der Waals surface area contributed by atoms with Crippen LogP contribution >= 0.6 is 11.3 Å². The Kier molecular flexibility index (Phi) is 9.32. The quantitative estimate of drug-likeness (QED) is 0.332. The molecule has 0 amide bonds. The van der Waals surface area contributed by atoms with Crippen LogP contribution in [0.2, 0.25) is 0 Å². The van der Waals surface area contributed by atoms with Crippen LogP contribution in [0.15, 0.2) is 10.4 Å². The molecular formula is C20H35N5O2S. The van der Waals surface area contributed by atoms with Crippen LogP contribution in [0.5, 0.6) is 0 Å². The van der Waals surface area contributed by atoms with Crippen molar-refractivity contribution in [3.05, 3.63) is 11.1 Å². The first kappa shape index (κ1) is 21.3. The Morgan fingerprint density at radius 3 is 3.04 bits per heavy atom. The highest BCUT2D eigenvalue weighted by Crippen LogP contribution is 2.24. The van der Waals surface area contributed by atoms with E-state index in [1.165, 1.54) is 18.0 Å². The van der Waals surface area contributed by atoms with E-state index in [-0.39, 0.29) is 0 Å². The summed E-state index contributed by atoms with van der Waals surface area (Å²) in [5.41, 5.74) is 1.16. The number of aliphatic imine (C=N–C) groups is 1. The fraction of sp³-hybridized carbons (Fsp3) is 0.800. The summed E-state index contributed by atoms with van der Waals surface area (Å²) in [7, 11) is 0. The van der Waals surface area contributed by atoms with Gasteiger partial charge in [0.25, 0.3) is 0 Å². The number of guanidine groups is 1. The SMILES string of the molecule is CCNC(=NCCCOCC1CCCO1)NCCc1csc(N2CCCC2)n1. The predicted molar refractivity (Wildman–Crippen MR) is 116 cm³/mol. The molecule has 7 nitrogen and oxygen atoms in total. The zero-order valence-corrected chi connectivity index (χ0v) is 17.9. The summed E-state index contributed by atoms with van der Waals surface area (Å²) < 4.78 is 11.3. The minimum Gasteiger partial charge on any atom is -0.379 e. The molecule has 2 N–H and O–H groups in total. The topological polar surface area (TPSA) is 71.0 Å². The van der Waals surface area contributed by atoms with E-state index in [2.05, 4.69) is 32.8 Å². The second kappa shape index (κ2) is 12.2. The average molecular weight is 410 g/mol. The van der Waals surface area contributed by atoms with Crippen molar-refractivity contribution in [3.63, 3.8) is 0 Å². The lowest BCUT2D eigenvalue weighted by Gasteiger charge is -2.12. The van der Waals surface area contributed by atoms with Gasteiger partial charge < -0.3 is 25.0 Å². The molecule has 3 rings (SSSR count). The molecule has 1 atom stereocenters. The Bertz CT molecular complexity index is 583. The summed E-state index contributed by atoms with van der Waals surface area (Å²) in [5, 5.41) is 10.1. The number of anilines is 1. The lowest BCUT2D eigenvalue weighted by molar-refractivity contribution is 0.0171. The first-order valence-electron chi connectivity index (χ1n) is 10.8. The van der Waals surface area contributed by atoms with Gasteiger partial charge in [0.1, 0.15) is 0 Å². The molecule has 28 heavy (non-hydrogen) atoms. The number of rotatable bonds is 11. The van der Waals surface area contributed by atoms with Gasteiger partial charge in [-0.15, -0.1) is 11.3 Å². The van der Waals surface area contributed by atoms with Gasteiger partial charge in [-0.2, -0.15) is 0 Å². The molecule has 0 saturated carbocycles. The van der Waals surface area contributed by atoms with E-state index in [0.29, 0.717) is 6.10 Å². The fourth-order valence-corrected chi connectivity index (χ4v) is 4.38. The van der Waals surface area contributed by atoms with Crippen molar-refractivity contribution < 1.29 is 9.47 Å². The molecule has 2 fully saturated rings. The Balaban J connectivity index is 1.30. The number of hydrogen-bond donors (Lipinski definition) is 2. The third-order valence-electron chi connectivity index (χ3n) is 4.98. The summed E-state index contributed by atoms with van der Waals surface area (Å²) in [6.07, 6.45) is 7.02. The molecule has 158 valence electrons. The van der Waals surface area contributed by atoms with Crippen LogP contribution in [0, 0.1) is 0 Å². The van der Waals surface area contributed by atoms with Crippen LogP contribution < -0.4 is 15.5 Å². The van der Waals surface area contributed by atoms with Gasteiger partial charge >= 0.3 is 0 Å². The van der Waals surface area contributed by atoms with Gasteiger partial charge in [0.05, 0.1) is 18.4 Å². The molecule has 2 aliphatic heterocycles. The van der Waals surface area contributed by atoms with Crippen molar-refractivity contribution in [1.29, 1.82) is 0 Å². The Morgan fingerprint density at radius 1 is 1.36 bits per heavy atom. The zero-order valence-electron chi connectivity index (χ0n) is 17.1. The molecular weight excluding hydrogens is 374 g/mol. The number of nitrogens with zero attached hydrogens (tertiary/aromatic N) is 3. The number of hydrogen-bond acceptors (Lipinski definition) is 6. The number of thiazole rings is 1. The van der Waals surface area contributed by atoms with E-state index in [4.69, 9.17) is 14.5 Å². The molecule has 1 aromatic heterocycles. The molecule has 8 heteroatoms. The summed E-state index contributed by atoms with van der Waals surface area (Å²) in [6.45, 7) is 9.19. The van der Waals surface area contributed by atoms with E-state index in [1.807, 2.05) is 0 Å². The highest BCUT2D eigenvalue weighted by atomic mass is 32.1. The maximum Gasteiger partial charge on any atom is 0.191 e. The number of aromatic nitrogens is 1. The minimum absolute atomic E-state index is 0.305. The first-order chi connectivity index (χ1) is 13.8. The Hall–Kier alpha value is -1.38. The van der Waals surface area contributed by atoms with E-state index >= 15 is 0 Å². The highest BCUT2D eigenvalue weighted by Gasteiger charge is 2.16. The van der Waals surface area contributed by atoms with Crippen LogP contribution in [-0.4, -0.2) is 69.6 Å². The Morgan fingerprint density at radius 2 is 2.25 bits per heavy atom. The van der Waals surface area contributed by atoms with Crippen molar-refractivity contribution >= 4 is 22.4 Å². The van der Waals surface area contributed by atoms with Gasteiger partial charge in [0, 0.05) is 57.7 Å². The van der Waals surface area contributed by atoms with Crippen molar-refractivity contribution in [3.8, 4) is 0 Å². The molecule has 0 aliphatic carbocycles. The van der Waals surface area contributed by atoms with E-state index in [0.717, 1.165) is 89.9 Å². The van der Waals surface area contributed by atoms with Crippen molar-refractivity contribution in [2.45, 2.75) is 51.6 Å². The van der Waals surface area contributed by atoms with Gasteiger partial charge in [-0.1, -0.05) is 0 Å². The lowest BCUT2D eigenvalue weighted by Crippen LogP contribution is -2.38. The maximum atomic E-state index is 5.70. The molecule has 1 unspecified atom stereocenters. The summed E-state index contributed by atoms with van der Waals surface area (Å²) in [4.78, 5) is 11.8. The Labute approximate surface area is 172 Å². The van der Waals surface area contributed by atoms with E-state index in [1.54, 1.807) is 11.3 Å². The van der Waals surface area contributed by atoms with Crippen LogP contribution in [-0.2, 0) is 15.9 Å². The molecule has 0 radical (unpaired) electrons. The molecule has 0 spiro atoms. The third kappa shape index (κ3) is 7.22. The average Bonchev–Trinajstić information content (AvgIpc) is 3.47. The highest BCUT2D eigenvalue weighted by molar-refractivity contribution is 7.13. The van der Waals surface area contributed by atoms with Crippen LogP contribution in [0.1, 0.15) is 44.7 Å². The third-order valence-corrected chi connectivity index (χ3v) is 5.93. The monoisotopic (exact) mass is 409 g/mol.